The Morgan fingerprint density at radius 3 is 0.770 bits per heavy atom. The molecule has 0 saturated carbocycles. The summed E-state index contributed by atoms with van der Waals surface area (Å²) in [5.74, 6) is -0.301. The molecule has 0 aliphatic rings. The minimum Gasteiger partial charge on any atom is -0.207 e. The summed E-state index contributed by atoms with van der Waals surface area (Å²) in [4.78, 5) is 0. The predicted molar refractivity (Wildman–Crippen MR) is 266 cm³/mol. The summed E-state index contributed by atoms with van der Waals surface area (Å²) in [6.45, 7) is 13.1. The van der Waals surface area contributed by atoms with Gasteiger partial charge in [-0.15, -0.1) is 0 Å². The van der Waals surface area contributed by atoms with Gasteiger partial charge in [-0.3, -0.25) is 0 Å². The minimum absolute atomic E-state index is 0.148. The molecule has 0 N–H and O–H groups in total. The summed E-state index contributed by atoms with van der Waals surface area (Å²) in [6, 6.07) is 50.8. The lowest BCUT2D eigenvalue weighted by Gasteiger charge is -1.98. The number of halogens is 4. The maximum absolute atomic E-state index is 12.4. The van der Waals surface area contributed by atoms with Crippen molar-refractivity contribution < 1.29 is 8.78 Å². The molecule has 6 rings (SSSR count). The fourth-order valence-corrected chi connectivity index (χ4v) is 6.15. The van der Waals surface area contributed by atoms with Crippen LogP contribution >= 0.6 is 23.2 Å². The summed E-state index contributed by atoms with van der Waals surface area (Å²) in [5.41, 5.74) is 8.10. The van der Waals surface area contributed by atoms with E-state index in [1.807, 2.05) is 48.5 Å². The first kappa shape index (κ1) is 54.8. The summed E-state index contributed by atoms with van der Waals surface area (Å²) < 4.78 is 24.7. The monoisotopic (exact) mass is 867 g/mol. The zero-order valence-corrected chi connectivity index (χ0v) is 39.6. The molecule has 0 bridgehead atoms. The largest absolute Gasteiger partial charge is 0.207 e. The Morgan fingerprint density at radius 2 is 0.508 bits per heavy atom. The van der Waals surface area contributed by atoms with Gasteiger partial charge in [0.2, 0.25) is 0 Å². The van der Waals surface area contributed by atoms with Crippen LogP contribution in [0.4, 0.5) is 8.78 Å². The zero-order chi connectivity index (χ0) is 44.8. The lowest BCUT2D eigenvalue weighted by Crippen LogP contribution is -1.83. The minimum atomic E-state index is -0.153. The fourth-order valence-electron chi connectivity index (χ4n) is 5.90. The molecule has 6 aromatic rings. The van der Waals surface area contributed by atoms with Gasteiger partial charge >= 0.3 is 0 Å². The lowest BCUT2D eigenvalue weighted by atomic mass is 10.1. The number of benzene rings is 6. The van der Waals surface area contributed by atoms with Crippen LogP contribution in [0.2, 0.25) is 10.0 Å². The predicted octanol–water partition coefficient (Wildman–Crippen LogP) is 18.6. The van der Waals surface area contributed by atoms with Crippen molar-refractivity contribution >= 4 is 23.2 Å². The molecule has 0 saturated heterocycles. The summed E-state index contributed by atoms with van der Waals surface area (Å²) in [5, 5.41) is 1.64. The molecule has 0 amide bonds. The van der Waals surface area contributed by atoms with Crippen molar-refractivity contribution in [2.75, 3.05) is 0 Å². The van der Waals surface area contributed by atoms with Crippen LogP contribution in [0, 0.1) is 11.6 Å². The molecule has 0 radical (unpaired) electrons. The van der Waals surface area contributed by atoms with Crippen LogP contribution in [0.25, 0.3) is 0 Å². The van der Waals surface area contributed by atoms with Gasteiger partial charge in [-0.05, 0) is 140 Å². The highest BCUT2D eigenvalue weighted by molar-refractivity contribution is 6.30. The van der Waals surface area contributed by atoms with Crippen LogP contribution in [-0.4, -0.2) is 0 Å². The van der Waals surface area contributed by atoms with Gasteiger partial charge in [0.25, 0.3) is 0 Å². The van der Waals surface area contributed by atoms with Gasteiger partial charge in [-0.1, -0.05) is 212 Å². The van der Waals surface area contributed by atoms with E-state index in [0.717, 1.165) is 35.7 Å². The van der Waals surface area contributed by atoms with Crippen LogP contribution in [0.15, 0.2) is 158 Å². The number of rotatable bonds is 15. The third-order valence-corrected chi connectivity index (χ3v) is 9.92. The van der Waals surface area contributed by atoms with Gasteiger partial charge in [0.05, 0.1) is 0 Å². The Balaban J connectivity index is 0.000000366. The molecule has 0 aliphatic carbocycles. The molecule has 0 aliphatic heterocycles. The lowest BCUT2D eigenvalue weighted by molar-refractivity contribution is 0.626. The summed E-state index contributed by atoms with van der Waals surface area (Å²) in [7, 11) is 0. The Bertz CT molecular complexity index is 1730. The van der Waals surface area contributed by atoms with Gasteiger partial charge in [0, 0.05) is 10.0 Å². The second kappa shape index (κ2) is 37.5. The highest BCUT2D eigenvalue weighted by Crippen LogP contribution is 2.12. The molecule has 0 spiro atoms. The van der Waals surface area contributed by atoms with Gasteiger partial charge in [0.15, 0.2) is 0 Å². The maximum atomic E-state index is 12.4. The average Bonchev–Trinajstić information content (AvgIpc) is 3.29. The molecule has 61 heavy (non-hydrogen) atoms. The van der Waals surface area contributed by atoms with Gasteiger partial charge < -0.3 is 0 Å². The summed E-state index contributed by atoms with van der Waals surface area (Å²) in [6.07, 6.45) is 17.9. The molecule has 0 unspecified atom stereocenters. The molecule has 6 aromatic carbocycles. The quantitative estimate of drug-likeness (QED) is 0.0965. The first-order valence-corrected chi connectivity index (χ1v) is 23.5. The van der Waals surface area contributed by atoms with Crippen molar-refractivity contribution in [3.05, 3.63) is 213 Å². The van der Waals surface area contributed by atoms with E-state index in [-0.39, 0.29) is 11.6 Å². The van der Waals surface area contributed by atoms with E-state index < -0.39 is 0 Å². The smallest absolute Gasteiger partial charge is 0.123 e. The number of hydrogen-bond acceptors (Lipinski definition) is 0. The molecule has 0 heterocycles. The highest BCUT2D eigenvalue weighted by Gasteiger charge is 1.94. The number of hydrogen-bond donors (Lipinski definition) is 0. The Morgan fingerprint density at radius 1 is 0.279 bits per heavy atom. The highest BCUT2D eigenvalue weighted by atomic mass is 35.5. The number of unbranched alkanes of at least 4 members (excludes halogenated alkanes) is 3. The third kappa shape index (κ3) is 30.4. The van der Waals surface area contributed by atoms with E-state index in [4.69, 9.17) is 23.2 Å². The van der Waals surface area contributed by atoms with Crippen molar-refractivity contribution in [1.82, 2.24) is 0 Å². The molecule has 0 nitrogen and oxygen atoms in total. The van der Waals surface area contributed by atoms with E-state index in [9.17, 15) is 8.78 Å². The van der Waals surface area contributed by atoms with Crippen molar-refractivity contribution in [3.8, 4) is 0 Å². The van der Waals surface area contributed by atoms with Crippen LogP contribution in [-0.2, 0) is 38.5 Å². The third-order valence-electron chi connectivity index (χ3n) is 9.41. The molecular weight excluding hydrogens is 794 g/mol. The Hall–Kier alpha value is -4.24. The Kier molecular flexibility index (Phi) is 33.7. The topological polar surface area (TPSA) is 0 Å². The average molecular weight is 868 g/mol. The molecular formula is C57H74Cl2F2. The van der Waals surface area contributed by atoms with Crippen LogP contribution in [0.3, 0.4) is 0 Å². The van der Waals surface area contributed by atoms with Crippen molar-refractivity contribution in [2.45, 2.75) is 138 Å². The van der Waals surface area contributed by atoms with Crippen molar-refractivity contribution in [3.63, 3.8) is 0 Å². The zero-order valence-electron chi connectivity index (χ0n) is 38.1. The molecule has 4 heteroatoms. The van der Waals surface area contributed by atoms with E-state index in [1.165, 1.54) is 128 Å². The van der Waals surface area contributed by atoms with Crippen LogP contribution in [0.5, 0.6) is 0 Å². The van der Waals surface area contributed by atoms with Gasteiger partial charge in [0.1, 0.15) is 11.6 Å². The first-order chi connectivity index (χ1) is 29.7. The second-order valence-corrected chi connectivity index (χ2v) is 15.9. The van der Waals surface area contributed by atoms with E-state index >= 15 is 0 Å². The van der Waals surface area contributed by atoms with Gasteiger partial charge in [-0.25, -0.2) is 8.78 Å². The van der Waals surface area contributed by atoms with E-state index in [1.54, 1.807) is 0 Å². The molecule has 0 atom stereocenters. The van der Waals surface area contributed by atoms with Crippen molar-refractivity contribution in [2.24, 2.45) is 0 Å². The van der Waals surface area contributed by atoms with E-state index in [2.05, 4.69) is 126 Å². The van der Waals surface area contributed by atoms with Gasteiger partial charge in [-0.2, -0.15) is 0 Å². The van der Waals surface area contributed by atoms with Crippen LogP contribution < -0.4 is 0 Å². The molecule has 330 valence electrons. The maximum Gasteiger partial charge on any atom is 0.123 e. The second-order valence-electron chi connectivity index (χ2n) is 15.0. The molecule has 0 fully saturated rings. The standard InChI is InChI=1S/C10H13Cl.C10H13F.C10H14.C9H11Cl.C9H11F.C9H12/c2*1-2-3-4-9-5-7-10(11)8-6-9;1-2-3-7-10-8-5-4-6-9-10;2*1-2-3-8-4-6-9(10)7-5-8;1-2-6-9-7-4-3-5-8-9/h2*5-8H,2-4H2,1H3;4-6,8-9H,2-3,7H2,1H3;2*4-7H,2-3H2,1H3;3-5,7-8H,2,6H2,1H3. The SMILES string of the molecule is CCCCc1ccc(Cl)cc1.CCCCc1ccc(F)cc1.CCCCc1ccccc1.CCCc1ccc(Cl)cc1.CCCc1ccc(F)cc1.CCCc1ccccc1. The fraction of sp³-hybridized carbons (Fsp3) is 0.368. The normalized spacial score (nSPS) is 9.80. The summed E-state index contributed by atoms with van der Waals surface area (Å²) >= 11 is 11.5. The van der Waals surface area contributed by atoms with Crippen molar-refractivity contribution in [1.29, 1.82) is 0 Å². The van der Waals surface area contributed by atoms with Crippen LogP contribution in [0.1, 0.15) is 133 Å². The van der Waals surface area contributed by atoms with E-state index in [0.29, 0.717) is 0 Å². The first-order valence-electron chi connectivity index (χ1n) is 22.7. The number of aryl methyl sites for hydroxylation is 6. The Labute approximate surface area is 380 Å². The molecule has 0 aromatic heterocycles.